The first-order chi connectivity index (χ1) is 8.91. The highest BCUT2D eigenvalue weighted by atomic mass is 16.4. The summed E-state index contributed by atoms with van der Waals surface area (Å²) >= 11 is 0. The number of hydrogen-bond acceptors (Lipinski definition) is 3. The van der Waals surface area contributed by atoms with Crippen molar-refractivity contribution < 1.29 is 14.7 Å². The van der Waals surface area contributed by atoms with Crippen molar-refractivity contribution in [1.82, 2.24) is 0 Å². The second-order valence-electron chi connectivity index (χ2n) is 4.63. The van der Waals surface area contributed by atoms with Crippen molar-refractivity contribution in [3.05, 3.63) is 30.3 Å². The predicted octanol–water partition coefficient (Wildman–Crippen LogP) is 2.04. The molecule has 0 unspecified atom stereocenters. The van der Waals surface area contributed by atoms with E-state index in [1.165, 1.54) is 18.7 Å². The van der Waals surface area contributed by atoms with Gasteiger partial charge in [-0.3, -0.25) is 9.59 Å². The van der Waals surface area contributed by atoms with Gasteiger partial charge < -0.3 is 10.0 Å². The Morgan fingerprint density at radius 2 is 1.89 bits per heavy atom. The van der Waals surface area contributed by atoms with Crippen molar-refractivity contribution in [3.8, 4) is 6.07 Å². The Morgan fingerprint density at radius 3 is 2.37 bits per heavy atom. The summed E-state index contributed by atoms with van der Waals surface area (Å²) in [6, 6.07) is 10.7. The molecule has 0 aromatic heterocycles. The van der Waals surface area contributed by atoms with E-state index in [-0.39, 0.29) is 13.0 Å². The maximum Gasteiger partial charge on any atom is 0.318 e. The highest BCUT2D eigenvalue weighted by Gasteiger charge is 2.39. The number of carbonyl (C=O) groups excluding carboxylic acids is 1. The van der Waals surface area contributed by atoms with Gasteiger partial charge in [-0.15, -0.1) is 0 Å². The number of rotatable bonds is 5. The monoisotopic (exact) mass is 260 g/mol. The van der Waals surface area contributed by atoms with Crippen LogP contribution >= 0.6 is 0 Å². The van der Waals surface area contributed by atoms with Gasteiger partial charge in [0.1, 0.15) is 5.41 Å². The lowest BCUT2D eigenvalue weighted by molar-refractivity contribution is -0.152. The number of nitrogens with zero attached hydrogens (tertiary/aromatic N) is 2. The zero-order valence-electron chi connectivity index (χ0n) is 11.0. The molecular weight excluding hydrogens is 244 g/mol. The molecule has 0 saturated heterocycles. The molecule has 0 aliphatic carbocycles. The first-order valence-electron chi connectivity index (χ1n) is 5.88. The Balaban J connectivity index is 3.09. The minimum atomic E-state index is -1.52. The Morgan fingerprint density at radius 1 is 1.32 bits per heavy atom. The second-order valence-corrected chi connectivity index (χ2v) is 4.63. The summed E-state index contributed by atoms with van der Waals surface area (Å²) in [6.45, 7) is 2.90. The molecule has 1 aromatic carbocycles. The van der Waals surface area contributed by atoms with E-state index >= 15 is 0 Å². The van der Waals surface area contributed by atoms with Crippen molar-refractivity contribution in [2.24, 2.45) is 5.41 Å². The predicted molar refractivity (Wildman–Crippen MR) is 70.4 cm³/mol. The van der Waals surface area contributed by atoms with Crippen LogP contribution in [0.5, 0.6) is 0 Å². The molecule has 0 aliphatic heterocycles. The molecule has 0 bridgehead atoms. The van der Waals surface area contributed by atoms with Crippen LogP contribution in [0.3, 0.4) is 0 Å². The molecule has 19 heavy (non-hydrogen) atoms. The number of para-hydroxylation sites is 1. The summed E-state index contributed by atoms with van der Waals surface area (Å²) in [5.74, 6) is -1.71. The molecule has 1 N–H and O–H groups in total. The molecule has 1 amide bonds. The van der Waals surface area contributed by atoms with Crippen LogP contribution in [0.1, 0.15) is 20.3 Å². The molecule has 0 radical (unpaired) electrons. The summed E-state index contributed by atoms with van der Waals surface area (Å²) in [4.78, 5) is 24.9. The topological polar surface area (TPSA) is 81.4 Å². The highest BCUT2D eigenvalue weighted by molar-refractivity contribution is 6.08. The molecule has 100 valence electrons. The first-order valence-corrected chi connectivity index (χ1v) is 5.88. The fourth-order valence-corrected chi connectivity index (χ4v) is 1.55. The highest BCUT2D eigenvalue weighted by Crippen LogP contribution is 2.24. The standard InChI is InChI=1S/C14H16N2O3/c1-14(2,13(18)19)12(17)16(10-6-9-15)11-7-4-3-5-8-11/h3-5,7-8H,6,10H2,1-2H3,(H,18,19). The molecule has 0 heterocycles. The molecule has 0 saturated carbocycles. The first kappa shape index (κ1) is 14.7. The van der Waals surface area contributed by atoms with Gasteiger partial charge in [-0.1, -0.05) is 18.2 Å². The van der Waals surface area contributed by atoms with Crippen LogP contribution in [-0.2, 0) is 9.59 Å². The SMILES string of the molecule is CC(C)(C(=O)O)C(=O)N(CCC#N)c1ccccc1. The van der Waals surface area contributed by atoms with E-state index in [1.807, 2.05) is 6.07 Å². The Hall–Kier alpha value is -2.35. The summed E-state index contributed by atoms with van der Waals surface area (Å²) in [5, 5.41) is 17.8. The van der Waals surface area contributed by atoms with E-state index < -0.39 is 17.3 Å². The zero-order valence-corrected chi connectivity index (χ0v) is 11.0. The van der Waals surface area contributed by atoms with Gasteiger partial charge in [0, 0.05) is 12.2 Å². The number of carboxylic acids is 1. The molecule has 5 nitrogen and oxygen atoms in total. The number of carboxylic acid groups (broad SMARTS) is 1. The number of nitriles is 1. The van der Waals surface area contributed by atoms with E-state index in [0.29, 0.717) is 5.69 Å². The third-order valence-corrected chi connectivity index (χ3v) is 2.83. The van der Waals surface area contributed by atoms with Crippen molar-refractivity contribution in [3.63, 3.8) is 0 Å². The van der Waals surface area contributed by atoms with Crippen LogP contribution in [0.25, 0.3) is 0 Å². The van der Waals surface area contributed by atoms with Crippen molar-refractivity contribution >= 4 is 17.6 Å². The molecule has 5 heteroatoms. The van der Waals surface area contributed by atoms with Crippen LogP contribution < -0.4 is 4.90 Å². The number of anilines is 1. The summed E-state index contributed by atoms with van der Waals surface area (Å²) in [7, 11) is 0. The zero-order chi connectivity index (χ0) is 14.5. The number of amides is 1. The fourth-order valence-electron chi connectivity index (χ4n) is 1.55. The molecular formula is C14H16N2O3. The molecule has 1 aromatic rings. The minimum absolute atomic E-state index is 0.149. The minimum Gasteiger partial charge on any atom is -0.480 e. The van der Waals surface area contributed by atoms with Gasteiger partial charge in [0.05, 0.1) is 12.5 Å². The number of carbonyl (C=O) groups is 2. The van der Waals surface area contributed by atoms with Crippen LogP contribution in [0.15, 0.2) is 30.3 Å². The largest absolute Gasteiger partial charge is 0.480 e. The number of benzene rings is 1. The van der Waals surface area contributed by atoms with Crippen molar-refractivity contribution in [1.29, 1.82) is 5.26 Å². The van der Waals surface area contributed by atoms with Crippen molar-refractivity contribution in [2.45, 2.75) is 20.3 Å². The summed E-state index contributed by atoms with van der Waals surface area (Å²) in [5.41, 5.74) is -0.928. The van der Waals surface area contributed by atoms with Gasteiger partial charge in [0.25, 0.3) is 0 Å². The quantitative estimate of drug-likeness (QED) is 0.821. The van der Waals surface area contributed by atoms with E-state index in [9.17, 15) is 9.59 Å². The number of aliphatic carboxylic acids is 1. The molecule has 0 fully saturated rings. The van der Waals surface area contributed by atoms with E-state index in [2.05, 4.69) is 0 Å². The molecule has 0 aliphatic rings. The smallest absolute Gasteiger partial charge is 0.318 e. The van der Waals surface area contributed by atoms with Crippen LogP contribution in [0.4, 0.5) is 5.69 Å². The normalized spacial score (nSPS) is 10.6. The van der Waals surface area contributed by atoms with Crippen molar-refractivity contribution in [2.75, 3.05) is 11.4 Å². The molecule has 1 rings (SSSR count). The Labute approximate surface area is 112 Å². The van der Waals surface area contributed by atoms with Gasteiger partial charge in [0.15, 0.2) is 0 Å². The summed E-state index contributed by atoms with van der Waals surface area (Å²) in [6.07, 6.45) is 0.149. The Bertz CT molecular complexity index is 503. The fraction of sp³-hybridized carbons (Fsp3) is 0.357. The van der Waals surface area contributed by atoms with Gasteiger partial charge in [-0.05, 0) is 26.0 Å². The van der Waals surface area contributed by atoms with E-state index in [0.717, 1.165) is 0 Å². The van der Waals surface area contributed by atoms with Crippen LogP contribution in [0, 0.1) is 16.7 Å². The molecule has 0 spiro atoms. The maximum atomic E-state index is 12.3. The average Bonchev–Trinajstić information content (AvgIpc) is 2.40. The maximum absolute atomic E-state index is 12.3. The van der Waals surface area contributed by atoms with Crippen LogP contribution in [-0.4, -0.2) is 23.5 Å². The summed E-state index contributed by atoms with van der Waals surface area (Å²) < 4.78 is 0. The van der Waals surface area contributed by atoms with Gasteiger partial charge >= 0.3 is 5.97 Å². The third-order valence-electron chi connectivity index (χ3n) is 2.83. The number of hydrogen-bond donors (Lipinski definition) is 1. The lowest BCUT2D eigenvalue weighted by Gasteiger charge is -2.28. The van der Waals surface area contributed by atoms with Gasteiger partial charge in [-0.25, -0.2) is 0 Å². The van der Waals surface area contributed by atoms with Gasteiger partial charge in [0.2, 0.25) is 5.91 Å². The van der Waals surface area contributed by atoms with Gasteiger partial charge in [-0.2, -0.15) is 5.26 Å². The van der Waals surface area contributed by atoms with Crippen LogP contribution in [0.2, 0.25) is 0 Å². The lowest BCUT2D eigenvalue weighted by Crippen LogP contribution is -2.45. The van der Waals surface area contributed by atoms with E-state index in [4.69, 9.17) is 10.4 Å². The molecule has 0 atom stereocenters. The lowest BCUT2D eigenvalue weighted by atomic mass is 9.91. The van der Waals surface area contributed by atoms with E-state index in [1.54, 1.807) is 30.3 Å². The Kier molecular flexibility index (Phi) is 4.65. The second kappa shape index (κ2) is 6.01. The average molecular weight is 260 g/mol. The third kappa shape index (κ3) is 3.32.